The van der Waals surface area contributed by atoms with Crippen molar-refractivity contribution in [1.82, 2.24) is 10.2 Å². The minimum atomic E-state index is -0.749. The third-order valence-corrected chi connectivity index (χ3v) is 3.43. The standard InChI is InChI=1S/C18H21N3O7/c1-5-25-16(22)11-8-9-12(21-20-11)19-15-14(18(24)27-7-3)13(10(4)28-15)17(23)26-6-2/h8-9H,5-7H2,1-4H3,(H,19,21). The van der Waals surface area contributed by atoms with Gasteiger partial charge in [-0.2, -0.15) is 0 Å². The zero-order valence-corrected chi connectivity index (χ0v) is 16.0. The van der Waals surface area contributed by atoms with Crippen LogP contribution < -0.4 is 5.32 Å². The lowest BCUT2D eigenvalue weighted by Gasteiger charge is -2.07. The predicted octanol–water partition coefficient (Wildman–Crippen LogP) is 2.65. The molecule has 0 aliphatic heterocycles. The molecule has 0 saturated carbocycles. The fourth-order valence-electron chi connectivity index (χ4n) is 2.31. The number of aryl methyl sites for hydroxylation is 1. The van der Waals surface area contributed by atoms with Gasteiger partial charge >= 0.3 is 17.9 Å². The molecule has 0 aliphatic carbocycles. The summed E-state index contributed by atoms with van der Waals surface area (Å²) in [5.74, 6) is -1.74. The quantitative estimate of drug-likeness (QED) is 0.529. The lowest BCUT2D eigenvalue weighted by molar-refractivity contribution is 0.0480. The second kappa shape index (κ2) is 9.49. The summed E-state index contributed by atoms with van der Waals surface area (Å²) >= 11 is 0. The monoisotopic (exact) mass is 391 g/mol. The number of rotatable bonds is 8. The van der Waals surface area contributed by atoms with E-state index in [1.807, 2.05) is 0 Å². The summed E-state index contributed by atoms with van der Waals surface area (Å²) in [5, 5.41) is 10.4. The molecule has 0 radical (unpaired) electrons. The second-order valence-corrected chi connectivity index (χ2v) is 5.33. The normalized spacial score (nSPS) is 10.3. The van der Waals surface area contributed by atoms with Crippen molar-refractivity contribution in [3.63, 3.8) is 0 Å². The highest BCUT2D eigenvalue weighted by Crippen LogP contribution is 2.30. The van der Waals surface area contributed by atoms with Crippen molar-refractivity contribution in [2.45, 2.75) is 27.7 Å². The molecule has 0 fully saturated rings. The zero-order valence-electron chi connectivity index (χ0n) is 16.0. The number of hydrogen-bond acceptors (Lipinski definition) is 10. The molecule has 10 heteroatoms. The van der Waals surface area contributed by atoms with Gasteiger partial charge in [0.2, 0.25) is 5.88 Å². The molecule has 0 unspecified atom stereocenters. The molecule has 28 heavy (non-hydrogen) atoms. The first-order valence-corrected chi connectivity index (χ1v) is 8.68. The van der Waals surface area contributed by atoms with E-state index in [0.717, 1.165) is 0 Å². The number of nitrogens with zero attached hydrogens (tertiary/aromatic N) is 2. The van der Waals surface area contributed by atoms with Crippen LogP contribution in [0.3, 0.4) is 0 Å². The maximum Gasteiger partial charge on any atom is 0.358 e. The number of hydrogen-bond donors (Lipinski definition) is 1. The number of furan rings is 1. The van der Waals surface area contributed by atoms with Crippen LogP contribution in [0.4, 0.5) is 11.7 Å². The van der Waals surface area contributed by atoms with E-state index >= 15 is 0 Å². The average molecular weight is 391 g/mol. The highest BCUT2D eigenvalue weighted by atomic mass is 16.5. The van der Waals surface area contributed by atoms with E-state index in [-0.39, 0.29) is 54.1 Å². The van der Waals surface area contributed by atoms with E-state index < -0.39 is 17.9 Å². The molecule has 2 rings (SSSR count). The smallest absolute Gasteiger partial charge is 0.358 e. The first kappa shape index (κ1) is 20.9. The van der Waals surface area contributed by atoms with Gasteiger partial charge in [-0.05, 0) is 39.8 Å². The van der Waals surface area contributed by atoms with E-state index in [4.69, 9.17) is 18.6 Å². The van der Waals surface area contributed by atoms with Crippen molar-refractivity contribution in [1.29, 1.82) is 0 Å². The Hall–Kier alpha value is -3.43. The third kappa shape index (κ3) is 4.64. The fourth-order valence-corrected chi connectivity index (χ4v) is 2.31. The predicted molar refractivity (Wildman–Crippen MR) is 96.6 cm³/mol. The molecule has 0 saturated heterocycles. The highest BCUT2D eigenvalue weighted by Gasteiger charge is 2.31. The van der Waals surface area contributed by atoms with Crippen LogP contribution in [0, 0.1) is 6.92 Å². The number of esters is 3. The maximum absolute atomic E-state index is 12.4. The third-order valence-electron chi connectivity index (χ3n) is 3.43. The first-order chi connectivity index (χ1) is 13.4. The van der Waals surface area contributed by atoms with Crippen LogP contribution in [-0.2, 0) is 14.2 Å². The van der Waals surface area contributed by atoms with Gasteiger partial charge in [-0.15, -0.1) is 10.2 Å². The van der Waals surface area contributed by atoms with Gasteiger partial charge in [-0.1, -0.05) is 0 Å². The van der Waals surface area contributed by atoms with Crippen LogP contribution in [0.5, 0.6) is 0 Å². The summed E-state index contributed by atoms with van der Waals surface area (Å²) in [6, 6.07) is 2.86. The molecule has 0 spiro atoms. The first-order valence-electron chi connectivity index (χ1n) is 8.68. The van der Waals surface area contributed by atoms with Crippen molar-refractivity contribution in [3.05, 3.63) is 34.7 Å². The van der Waals surface area contributed by atoms with Crippen molar-refractivity contribution >= 4 is 29.6 Å². The van der Waals surface area contributed by atoms with Crippen LogP contribution in [0.1, 0.15) is 57.7 Å². The Morgan fingerprint density at radius 2 is 1.46 bits per heavy atom. The van der Waals surface area contributed by atoms with E-state index in [1.165, 1.54) is 19.1 Å². The summed E-state index contributed by atoms with van der Waals surface area (Å²) in [6.07, 6.45) is 0. The molecule has 1 N–H and O–H groups in total. The lowest BCUT2D eigenvalue weighted by atomic mass is 10.1. The van der Waals surface area contributed by atoms with Gasteiger partial charge in [0, 0.05) is 0 Å². The second-order valence-electron chi connectivity index (χ2n) is 5.33. The van der Waals surface area contributed by atoms with Crippen LogP contribution >= 0.6 is 0 Å². The zero-order chi connectivity index (χ0) is 20.7. The molecule has 0 amide bonds. The minimum Gasteiger partial charge on any atom is -0.462 e. The van der Waals surface area contributed by atoms with Gasteiger partial charge in [-0.3, -0.25) is 0 Å². The molecule has 10 nitrogen and oxygen atoms in total. The lowest BCUT2D eigenvalue weighted by Crippen LogP contribution is -2.14. The SMILES string of the molecule is CCOC(=O)c1ccc(Nc2oc(C)c(C(=O)OCC)c2C(=O)OCC)nn1. The average Bonchev–Trinajstić information content (AvgIpc) is 2.99. The van der Waals surface area contributed by atoms with Crippen LogP contribution in [0.15, 0.2) is 16.5 Å². The Bertz CT molecular complexity index is 859. The summed E-state index contributed by atoms with van der Waals surface area (Å²) in [5.41, 5.74) is -0.103. The van der Waals surface area contributed by atoms with Crippen LogP contribution in [-0.4, -0.2) is 47.9 Å². The van der Waals surface area contributed by atoms with Crippen LogP contribution in [0.2, 0.25) is 0 Å². The highest BCUT2D eigenvalue weighted by molar-refractivity contribution is 6.07. The van der Waals surface area contributed by atoms with E-state index in [9.17, 15) is 14.4 Å². The van der Waals surface area contributed by atoms with Gasteiger partial charge in [0.05, 0.1) is 19.8 Å². The molecular weight excluding hydrogens is 370 g/mol. The number of anilines is 2. The maximum atomic E-state index is 12.4. The molecule has 150 valence electrons. The number of nitrogens with one attached hydrogen (secondary N) is 1. The molecule has 0 atom stereocenters. The molecule has 0 aromatic carbocycles. The Morgan fingerprint density at radius 3 is 2.00 bits per heavy atom. The summed E-state index contributed by atoms with van der Waals surface area (Å²) < 4.78 is 20.4. The summed E-state index contributed by atoms with van der Waals surface area (Å²) in [6.45, 7) is 6.95. The molecule has 2 aromatic rings. The Balaban J connectivity index is 2.37. The van der Waals surface area contributed by atoms with Crippen molar-refractivity contribution in [2.75, 3.05) is 25.1 Å². The molecule has 2 aromatic heterocycles. The van der Waals surface area contributed by atoms with Crippen molar-refractivity contribution in [3.8, 4) is 0 Å². The number of ether oxygens (including phenoxy) is 3. The van der Waals surface area contributed by atoms with Gasteiger partial charge in [0.1, 0.15) is 16.9 Å². The van der Waals surface area contributed by atoms with Gasteiger partial charge in [-0.25, -0.2) is 14.4 Å². The summed E-state index contributed by atoms with van der Waals surface area (Å²) in [4.78, 5) is 36.3. The van der Waals surface area contributed by atoms with Crippen LogP contribution in [0.25, 0.3) is 0 Å². The molecule has 0 aliphatic rings. The summed E-state index contributed by atoms with van der Waals surface area (Å²) in [7, 11) is 0. The Morgan fingerprint density at radius 1 is 0.893 bits per heavy atom. The number of carbonyl (C=O) groups excluding carboxylic acids is 3. The van der Waals surface area contributed by atoms with Gasteiger partial charge in [0.15, 0.2) is 11.5 Å². The van der Waals surface area contributed by atoms with E-state index in [0.29, 0.717) is 0 Å². The minimum absolute atomic E-state index is 0.0286. The molecular formula is C18H21N3O7. The van der Waals surface area contributed by atoms with Crippen molar-refractivity contribution < 1.29 is 33.0 Å². The van der Waals surface area contributed by atoms with Gasteiger partial charge in [0.25, 0.3) is 0 Å². The fraction of sp³-hybridized carbons (Fsp3) is 0.389. The Labute approximate surface area is 161 Å². The van der Waals surface area contributed by atoms with E-state index in [2.05, 4.69) is 15.5 Å². The largest absolute Gasteiger partial charge is 0.462 e. The molecule has 2 heterocycles. The topological polar surface area (TPSA) is 130 Å². The van der Waals surface area contributed by atoms with E-state index in [1.54, 1.807) is 20.8 Å². The Kier molecular flexibility index (Phi) is 7.08. The number of carbonyl (C=O) groups is 3. The van der Waals surface area contributed by atoms with Gasteiger partial charge < -0.3 is 23.9 Å². The van der Waals surface area contributed by atoms with Crippen molar-refractivity contribution in [2.24, 2.45) is 0 Å². The molecule has 0 bridgehead atoms. The number of aromatic nitrogens is 2.